The van der Waals surface area contributed by atoms with Crippen molar-refractivity contribution in [1.82, 2.24) is 4.98 Å². The molecule has 0 saturated heterocycles. The van der Waals surface area contributed by atoms with Gasteiger partial charge in [0.1, 0.15) is 0 Å². The summed E-state index contributed by atoms with van der Waals surface area (Å²) >= 11 is 3.43. The van der Waals surface area contributed by atoms with Crippen LogP contribution >= 0.6 is 15.9 Å². The largest absolute Gasteiger partial charge is 0.388 e. The lowest BCUT2D eigenvalue weighted by atomic mass is 9.90. The molecule has 18 heavy (non-hydrogen) atoms. The molecule has 2 aromatic rings. The molecular formula is C14H15BrN2O. The first kappa shape index (κ1) is 13.2. The van der Waals surface area contributed by atoms with Crippen molar-refractivity contribution in [2.45, 2.75) is 12.0 Å². The number of rotatable bonds is 4. The van der Waals surface area contributed by atoms with Crippen molar-refractivity contribution >= 4 is 15.9 Å². The summed E-state index contributed by atoms with van der Waals surface area (Å²) in [5.41, 5.74) is 7.66. The highest BCUT2D eigenvalue weighted by atomic mass is 79.9. The Balaban J connectivity index is 2.29. The van der Waals surface area contributed by atoms with E-state index in [-0.39, 0.29) is 5.92 Å². The minimum absolute atomic E-state index is 0.120. The Kier molecular flexibility index (Phi) is 4.47. The van der Waals surface area contributed by atoms with Gasteiger partial charge < -0.3 is 10.8 Å². The summed E-state index contributed by atoms with van der Waals surface area (Å²) in [6, 6.07) is 11.5. The molecule has 1 heterocycles. The predicted octanol–water partition coefficient (Wildman–Crippen LogP) is 2.62. The number of hydrogen-bond donors (Lipinski definition) is 2. The molecule has 0 amide bonds. The third kappa shape index (κ3) is 2.96. The van der Waals surface area contributed by atoms with Crippen molar-refractivity contribution < 1.29 is 5.11 Å². The number of nitrogens with zero attached hydrogens (tertiary/aromatic N) is 1. The maximum absolute atomic E-state index is 10.4. The average Bonchev–Trinajstić information content (AvgIpc) is 2.40. The van der Waals surface area contributed by atoms with Crippen LogP contribution in [0.15, 0.2) is 53.3 Å². The molecule has 0 fully saturated rings. The Morgan fingerprint density at radius 1 is 1.17 bits per heavy atom. The molecule has 1 aromatic heterocycles. The van der Waals surface area contributed by atoms with E-state index in [1.54, 1.807) is 12.4 Å². The monoisotopic (exact) mass is 306 g/mol. The van der Waals surface area contributed by atoms with Gasteiger partial charge >= 0.3 is 0 Å². The van der Waals surface area contributed by atoms with E-state index in [9.17, 15) is 5.11 Å². The predicted molar refractivity (Wildman–Crippen MR) is 75.1 cm³/mol. The van der Waals surface area contributed by atoms with Crippen LogP contribution in [-0.2, 0) is 0 Å². The van der Waals surface area contributed by atoms with Crippen molar-refractivity contribution in [1.29, 1.82) is 0 Å². The molecule has 3 nitrogen and oxygen atoms in total. The highest BCUT2D eigenvalue weighted by molar-refractivity contribution is 9.10. The highest BCUT2D eigenvalue weighted by Crippen LogP contribution is 2.30. The molecule has 0 spiro atoms. The molecule has 1 aromatic carbocycles. The topological polar surface area (TPSA) is 59.1 Å². The van der Waals surface area contributed by atoms with Gasteiger partial charge in [-0.05, 0) is 35.4 Å². The third-order valence-electron chi connectivity index (χ3n) is 2.96. The van der Waals surface area contributed by atoms with Crippen LogP contribution in [0.25, 0.3) is 0 Å². The Labute approximate surface area is 115 Å². The fourth-order valence-corrected chi connectivity index (χ4v) is 2.39. The second kappa shape index (κ2) is 6.09. The van der Waals surface area contributed by atoms with E-state index in [1.807, 2.05) is 36.4 Å². The number of aliphatic hydroxyl groups is 1. The lowest BCUT2D eigenvalue weighted by molar-refractivity contribution is 0.147. The zero-order valence-corrected chi connectivity index (χ0v) is 11.4. The molecule has 0 radical (unpaired) electrons. The minimum Gasteiger partial charge on any atom is -0.388 e. The van der Waals surface area contributed by atoms with Crippen LogP contribution in [0.1, 0.15) is 23.1 Å². The van der Waals surface area contributed by atoms with Crippen LogP contribution in [0.3, 0.4) is 0 Å². The number of aliphatic hydroxyl groups excluding tert-OH is 1. The molecule has 0 aliphatic carbocycles. The molecule has 2 rings (SSSR count). The van der Waals surface area contributed by atoms with E-state index in [2.05, 4.69) is 20.9 Å². The van der Waals surface area contributed by atoms with Gasteiger partial charge in [0.05, 0.1) is 6.10 Å². The van der Waals surface area contributed by atoms with E-state index >= 15 is 0 Å². The zero-order chi connectivity index (χ0) is 13.0. The second-order valence-electron chi connectivity index (χ2n) is 4.12. The number of halogens is 1. The van der Waals surface area contributed by atoms with Gasteiger partial charge in [0.15, 0.2) is 0 Å². The number of benzene rings is 1. The van der Waals surface area contributed by atoms with Gasteiger partial charge in [-0.15, -0.1) is 0 Å². The van der Waals surface area contributed by atoms with Crippen LogP contribution in [-0.4, -0.2) is 16.6 Å². The molecule has 0 aliphatic rings. The van der Waals surface area contributed by atoms with Gasteiger partial charge in [0, 0.05) is 29.3 Å². The van der Waals surface area contributed by atoms with Crippen molar-refractivity contribution in [2.24, 2.45) is 5.73 Å². The van der Waals surface area contributed by atoms with Crippen LogP contribution in [0.2, 0.25) is 0 Å². The molecule has 0 saturated carbocycles. The number of hydrogen-bond acceptors (Lipinski definition) is 3. The van der Waals surface area contributed by atoms with Crippen LogP contribution in [0, 0.1) is 0 Å². The van der Waals surface area contributed by atoms with Crippen LogP contribution in [0.5, 0.6) is 0 Å². The maximum atomic E-state index is 10.4. The average molecular weight is 307 g/mol. The molecule has 3 N–H and O–H groups in total. The summed E-state index contributed by atoms with van der Waals surface area (Å²) in [5.74, 6) is -0.120. The van der Waals surface area contributed by atoms with Crippen molar-refractivity contribution in [3.05, 3.63) is 64.4 Å². The van der Waals surface area contributed by atoms with Gasteiger partial charge in [-0.1, -0.05) is 28.1 Å². The summed E-state index contributed by atoms with van der Waals surface area (Å²) in [7, 11) is 0. The first-order valence-corrected chi connectivity index (χ1v) is 6.55. The Morgan fingerprint density at radius 3 is 2.50 bits per heavy atom. The smallest absolute Gasteiger partial charge is 0.0871 e. The van der Waals surface area contributed by atoms with Gasteiger partial charge in [0.2, 0.25) is 0 Å². The molecule has 0 aliphatic heterocycles. The van der Waals surface area contributed by atoms with E-state index in [0.717, 1.165) is 15.6 Å². The first-order valence-electron chi connectivity index (χ1n) is 5.76. The van der Waals surface area contributed by atoms with Crippen molar-refractivity contribution in [3.63, 3.8) is 0 Å². The Bertz CT molecular complexity index is 504. The molecule has 4 heteroatoms. The number of pyridine rings is 1. The summed E-state index contributed by atoms with van der Waals surface area (Å²) < 4.78 is 0.986. The standard InChI is InChI=1S/C14H15BrN2O/c15-12-3-1-2-11(8-12)13(9-16)14(18)10-4-6-17-7-5-10/h1-8,13-14,18H,9,16H2. The van der Waals surface area contributed by atoms with E-state index in [0.29, 0.717) is 6.54 Å². The lowest BCUT2D eigenvalue weighted by Gasteiger charge is -2.22. The molecule has 94 valence electrons. The Morgan fingerprint density at radius 2 is 1.89 bits per heavy atom. The number of aromatic nitrogens is 1. The quantitative estimate of drug-likeness (QED) is 0.913. The van der Waals surface area contributed by atoms with E-state index in [4.69, 9.17) is 5.73 Å². The van der Waals surface area contributed by atoms with Gasteiger partial charge in [-0.25, -0.2) is 0 Å². The second-order valence-corrected chi connectivity index (χ2v) is 5.04. The van der Waals surface area contributed by atoms with Crippen LogP contribution < -0.4 is 5.73 Å². The fourth-order valence-electron chi connectivity index (χ4n) is 1.98. The normalized spacial score (nSPS) is 14.2. The van der Waals surface area contributed by atoms with Gasteiger partial charge in [0.25, 0.3) is 0 Å². The summed E-state index contributed by atoms with van der Waals surface area (Å²) in [5, 5.41) is 10.4. The summed E-state index contributed by atoms with van der Waals surface area (Å²) in [6.45, 7) is 0.389. The number of nitrogens with two attached hydrogens (primary N) is 1. The van der Waals surface area contributed by atoms with Crippen LogP contribution in [0.4, 0.5) is 0 Å². The van der Waals surface area contributed by atoms with Crippen molar-refractivity contribution in [2.75, 3.05) is 6.54 Å². The SMILES string of the molecule is NCC(c1cccc(Br)c1)C(O)c1ccncc1. The van der Waals surface area contributed by atoms with Gasteiger partial charge in [-0.3, -0.25) is 4.98 Å². The first-order chi connectivity index (χ1) is 8.72. The molecular weight excluding hydrogens is 292 g/mol. The lowest BCUT2D eigenvalue weighted by Crippen LogP contribution is -2.20. The van der Waals surface area contributed by atoms with Gasteiger partial charge in [-0.2, -0.15) is 0 Å². The minimum atomic E-state index is -0.618. The summed E-state index contributed by atoms with van der Waals surface area (Å²) in [4.78, 5) is 3.95. The van der Waals surface area contributed by atoms with Crippen molar-refractivity contribution in [3.8, 4) is 0 Å². The van der Waals surface area contributed by atoms with E-state index < -0.39 is 6.10 Å². The molecule has 0 bridgehead atoms. The summed E-state index contributed by atoms with van der Waals surface area (Å²) in [6.07, 6.45) is 2.73. The highest BCUT2D eigenvalue weighted by Gasteiger charge is 2.21. The maximum Gasteiger partial charge on any atom is 0.0871 e. The molecule has 2 atom stereocenters. The fraction of sp³-hybridized carbons (Fsp3) is 0.214. The molecule has 2 unspecified atom stereocenters. The van der Waals surface area contributed by atoms with E-state index in [1.165, 1.54) is 0 Å². The zero-order valence-electron chi connectivity index (χ0n) is 9.83. The Hall–Kier alpha value is -1.23. The third-order valence-corrected chi connectivity index (χ3v) is 3.45.